The molecule has 1 atom stereocenters. The fourth-order valence-corrected chi connectivity index (χ4v) is 4.94. The third-order valence-electron chi connectivity index (χ3n) is 4.71. The van der Waals surface area contributed by atoms with Crippen molar-refractivity contribution in [1.82, 2.24) is 10.2 Å². The third kappa shape index (κ3) is 4.80. The minimum absolute atomic E-state index is 0.0591. The Labute approximate surface area is 183 Å². The van der Waals surface area contributed by atoms with E-state index in [1.165, 1.54) is 28.7 Å². The summed E-state index contributed by atoms with van der Waals surface area (Å²) < 4.78 is 0.753. The summed E-state index contributed by atoms with van der Waals surface area (Å²) in [6, 6.07) is 22.2. The van der Waals surface area contributed by atoms with Crippen molar-refractivity contribution in [2.24, 2.45) is 0 Å². The predicted octanol–water partition coefficient (Wildman–Crippen LogP) is 6.12. The lowest BCUT2D eigenvalue weighted by molar-refractivity contribution is -0.115. The normalized spacial score (nSPS) is 11.9. The van der Waals surface area contributed by atoms with Crippen molar-refractivity contribution in [3.05, 3.63) is 72.3 Å². The molecule has 0 aliphatic rings. The zero-order chi connectivity index (χ0) is 20.9. The molecule has 5 nitrogen and oxygen atoms in total. The Bertz CT molecular complexity index is 1150. The monoisotopic (exact) mass is 434 g/mol. The van der Waals surface area contributed by atoms with Gasteiger partial charge in [-0.25, -0.2) is 0 Å². The Balaban J connectivity index is 1.38. The standard InChI is InChI=1S/C23H22N4OS2/c1-3-16-11-13-18(14-12-16)24-22-26-27-23(30-22)29-15(2)21(28)25-20-10-6-8-17-7-4-5-9-19(17)20/h4-15H,3H2,1-2H3,(H,24,26)(H,25,28)/t15-/m0/s1. The first-order chi connectivity index (χ1) is 14.6. The van der Waals surface area contributed by atoms with E-state index in [-0.39, 0.29) is 11.2 Å². The lowest BCUT2D eigenvalue weighted by Gasteiger charge is -2.12. The summed E-state index contributed by atoms with van der Waals surface area (Å²) in [7, 11) is 0. The Morgan fingerprint density at radius 2 is 1.80 bits per heavy atom. The summed E-state index contributed by atoms with van der Waals surface area (Å²) in [5, 5.41) is 17.3. The van der Waals surface area contributed by atoms with Crippen molar-refractivity contribution < 1.29 is 4.79 Å². The van der Waals surface area contributed by atoms with Gasteiger partial charge in [0.15, 0.2) is 4.34 Å². The molecule has 0 aliphatic carbocycles. The summed E-state index contributed by atoms with van der Waals surface area (Å²) in [6.07, 6.45) is 1.01. The molecule has 0 unspecified atom stereocenters. The maximum atomic E-state index is 12.7. The average Bonchev–Trinajstić information content (AvgIpc) is 3.21. The van der Waals surface area contributed by atoms with Gasteiger partial charge in [-0.2, -0.15) is 0 Å². The third-order valence-corrected chi connectivity index (χ3v) is 6.74. The van der Waals surface area contributed by atoms with Gasteiger partial charge in [0.1, 0.15) is 0 Å². The quantitative estimate of drug-likeness (QED) is 0.343. The lowest BCUT2D eigenvalue weighted by Crippen LogP contribution is -2.22. The molecule has 4 rings (SSSR count). The van der Waals surface area contributed by atoms with Crippen LogP contribution in [0.15, 0.2) is 71.1 Å². The smallest absolute Gasteiger partial charge is 0.237 e. The van der Waals surface area contributed by atoms with E-state index in [0.717, 1.165) is 32.9 Å². The minimum Gasteiger partial charge on any atom is -0.330 e. The number of carbonyl (C=O) groups excluding carboxylic acids is 1. The summed E-state index contributed by atoms with van der Waals surface area (Å²) in [4.78, 5) is 12.7. The number of carbonyl (C=O) groups is 1. The van der Waals surface area contributed by atoms with Crippen LogP contribution in [0, 0.1) is 0 Å². The molecule has 4 aromatic rings. The van der Waals surface area contributed by atoms with Crippen molar-refractivity contribution in [2.75, 3.05) is 10.6 Å². The molecule has 7 heteroatoms. The SMILES string of the molecule is CCc1ccc(Nc2nnc(S[C@@H](C)C(=O)Nc3cccc4ccccc34)s2)cc1. The number of thioether (sulfide) groups is 1. The Kier molecular flexibility index (Phi) is 6.30. The second-order valence-electron chi connectivity index (χ2n) is 6.82. The van der Waals surface area contributed by atoms with Crippen LogP contribution in [0.5, 0.6) is 0 Å². The summed E-state index contributed by atoms with van der Waals surface area (Å²) in [5.41, 5.74) is 3.09. The number of amides is 1. The number of anilines is 3. The van der Waals surface area contributed by atoms with Crippen LogP contribution in [0.25, 0.3) is 10.8 Å². The van der Waals surface area contributed by atoms with Gasteiger partial charge in [0.05, 0.1) is 5.25 Å². The van der Waals surface area contributed by atoms with Gasteiger partial charge in [-0.05, 0) is 42.5 Å². The molecule has 3 aromatic carbocycles. The number of aromatic nitrogens is 2. The van der Waals surface area contributed by atoms with Gasteiger partial charge in [0.25, 0.3) is 0 Å². The van der Waals surface area contributed by atoms with E-state index in [1.54, 1.807) is 0 Å². The Morgan fingerprint density at radius 1 is 1.03 bits per heavy atom. The van der Waals surface area contributed by atoms with Crippen LogP contribution in [0.4, 0.5) is 16.5 Å². The molecule has 0 radical (unpaired) electrons. The molecule has 1 amide bonds. The van der Waals surface area contributed by atoms with Crippen molar-refractivity contribution in [2.45, 2.75) is 29.9 Å². The first-order valence-electron chi connectivity index (χ1n) is 9.77. The Morgan fingerprint density at radius 3 is 2.60 bits per heavy atom. The molecule has 30 heavy (non-hydrogen) atoms. The maximum Gasteiger partial charge on any atom is 0.237 e. The van der Waals surface area contributed by atoms with Crippen LogP contribution in [0.3, 0.4) is 0 Å². The molecule has 0 spiro atoms. The zero-order valence-electron chi connectivity index (χ0n) is 16.8. The lowest BCUT2D eigenvalue weighted by atomic mass is 10.1. The number of hydrogen-bond acceptors (Lipinski definition) is 6. The fourth-order valence-electron chi connectivity index (χ4n) is 3.03. The Hall–Kier alpha value is -2.90. The molecule has 0 aliphatic heterocycles. The minimum atomic E-state index is -0.298. The summed E-state index contributed by atoms with van der Waals surface area (Å²) >= 11 is 2.85. The zero-order valence-corrected chi connectivity index (χ0v) is 18.4. The van der Waals surface area contributed by atoms with Gasteiger partial charge < -0.3 is 10.6 Å². The largest absolute Gasteiger partial charge is 0.330 e. The van der Waals surface area contributed by atoms with E-state index in [0.29, 0.717) is 5.13 Å². The summed E-state index contributed by atoms with van der Waals surface area (Å²) in [5.74, 6) is -0.0591. The fraction of sp³-hybridized carbons (Fsp3) is 0.174. The number of aryl methyl sites for hydroxylation is 1. The van der Waals surface area contributed by atoms with E-state index in [9.17, 15) is 4.79 Å². The highest BCUT2D eigenvalue weighted by atomic mass is 32.2. The van der Waals surface area contributed by atoms with Crippen LogP contribution in [-0.2, 0) is 11.2 Å². The van der Waals surface area contributed by atoms with Crippen LogP contribution >= 0.6 is 23.1 Å². The van der Waals surface area contributed by atoms with Gasteiger partial charge >= 0.3 is 0 Å². The number of rotatable bonds is 7. The van der Waals surface area contributed by atoms with Gasteiger partial charge in [0.2, 0.25) is 11.0 Å². The first kappa shape index (κ1) is 20.4. The van der Waals surface area contributed by atoms with Gasteiger partial charge in [0, 0.05) is 16.8 Å². The van der Waals surface area contributed by atoms with Gasteiger partial charge in [-0.15, -0.1) is 10.2 Å². The number of nitrogens with one attached hydrogen (secondary N) is 2. The number of benzene rings is 3. The van der Waals surface area contributed by atoms with Crippen molar-refractivity contribution in [1.29, 1.82) is 0 Å². The highest BCUT2D eigenvalue weighted by Gasteiger charge is 2.18. The number of hydrogen-bond donors (Lipinski definition) is 2. The first-order valence-corrected chi connectivity index (χ1v) is 11.5. The van der Waals surface area contributed by atoms with Crippen LogP contribution in [0.1, 0.15) is 19.4 Å². The molecule has 0 saturated heterocycles. The molecule has 152 valence electrons. The van der Waals surface area contributed by atoms with E-state index >= 15 is 0 Å². The average molecular weight is 435 g/mol. The molecule has 1 aromatic heterocycles. The van der Waals surface area contributed by atoms with Crippen molar-refractivity contribution in [3.63, 3.8) is 0 Å². The van der Waals surface area contributed by atoms with Crippen LogP contribution in [0.2, 0.25) is 0 Å². The summed E-state index contributed by atoms with van der Waals surface area (Å²) in [6.45, 7) is 4.01. The van der Waals surface area contributed by atoms with E-state index in [1.807, 2.05) is 61.5 Å². The van der Waals surface area contributed by atoms with Gasteiger partial charge in [-0.3, -0.25) is 4.79 Å². The topological polar surface area (TPSA) is 66.9 Å². The number of nitrogens with zero attached hydrogens (tertiary/aromatic N) is 2. The second-order valence-corrected chi connectivity index (χ2v) is 9.39. The molecule has 2 N–H and O–H groups in total. The highest BCUT2D eigenvalue weighted by Crippen LogP contribution is 2.31. The van der Waals surface area contributed by atoms with Gasteiger partial charge in [-0.1, -0.05) is 78.6 Å². The van der Waals surface area contributed by atoms with E-state index in [4.69, 9.17) is 0 Å². The van der Waals surface area contributed by atoms with E-state index in [2.05, 4.69) is 39.9 Å². The molecule has 1 heterocycles. The molecular formula is C23H22N4OS2. The molecule has 0 bridgehead atoms. The van der Waals surface area contributed by atoms with Crippen molar-refractivity contribution in [3.8, 4) is 0 Å². The molecule has 0 saturated carbocycles. The van der Waals surface area contributed by atoms with E-state index < -0.39 is 0 Å². The van der Waals surface area contributed by atoms with Crippen LogP contribution in [-0.4, -0.2) is 21.4 Å². The van der Waals surface area contributed by atoms with Crippen molar-refractivity contribution >= 4 is 56.3 Å². The molecular weight excluding hydrogens is 412 g/mol. The number of fused-ring (bicyclic) bond motifs is 1. The maximum absolute atomic E-state index is 12.7. The van der Waals surface area contributed by atoms with Crippen LogP contribution < -0.4 is 10.6 Å². The second kappa shape index (κ2) is 9.28. The highest BCUT2D eigenvalue weighted by molar-refractivity contribution is 8.02. The predicted molar refractivity (Wildman–Crippen MR) is 127 cm³/mol. The molecule has 0 fully saturated rings.